The van der Waals surface area contributed by atoms with Crippen molar-refractivity contribution >= 4 is 89.6 Å². The minimum Gasteiger partial charge on any atom is -0.492 e. The molecule has 0 amide bonds. The predicted octanol–water partition coefficient (Wildman–Crippen LogP) is 16.1. The van der Waals surface area contributed by atoms with Gasteiger partial charge in [-0.25, -0.2) is 0 Å². The third-order valence-corrected chi connectivity index (χ3v) is 20.3. The molecule has 12 heteroatoms. The molecule has 2 saturated carbocycles. The zero-order valence-corrected chi connectivity index (χ0v) is 38.3. The maximum atomic E-state index is 9.51. The van der Waals surface area contributed by atoms with Crippen molar-refractivity contribution in [3.63, 3.8) is 0 Å². The lowest BCUT2D eigenvalue weighted by molar-refractivity contribution is 0.320. The predicted molar refractivity (Wildman–Crippen MR) is 253 cm³/mol. The number of allylic oxidation sites excluding steroid dienone is 1. The molecule has 6 aromatic rings. The average Bonchev–Trinajstić information content (AvgIpc) is 4.14. The van der Waals surface area contributed by atoms with Gasteiger partial charge in [-0.3, -0.25) is 0 Å². The fourth-order valence-corrected chi connectivity index (χ4v) is 18.5. The third-order valence-electron chi connectivity index (χ3n) is 12.6. The van der Waals surface area contributed by atoms with Gasteiger partial charge in [0.05, 0.1) is 42.1 Å². The van der Waals surface area contributed by atoms with Gasteiger partial charge in [-0.2, -0.15) is 20.2 Å². The fourth-order valence-electron chi connectivity index (χ4n) is 10.2. The Morgan fingerprint density at radius 2 is 1.07 bits per heavy atom. The third kappa shape index (κ3) is 6.10. The molecular weight excluding hydrogens is 857 g/mol. The van der Waals surface area contributed by atoms with E-state index < -0.39 is 0 Å². The van der Waals surface area contributed by atoms with Crippen LogP contribution in [-0.4, -0.2) is 13.2 Å². The van der Waals surface area contributed by atoms with E-state index in [0.29, 0.717) is 13.2 Å². The molecule has 6 aromatic heterocycles. The van der Waals surface area contributed by atoms with Crippen LogP contribution in [-0.2, 0) is 10.8 Å². The van der Waals surface area contributed by atoms with Crippen LogP contribution in [0.4, 0.5) is 0 Å². The van der Waals surface area contributed by atoms with Crippen molar-refractivity contribution in [1.29, 1.82) is 10.5 Å². The van der Waals surface area contributed by atoms with Gasteiger partial charge in [0.2, 0.25) is 0 Å². The molecule has 0 unspecified atom stereocenters. The van der Waals surface area contributed by atoms with Gasteiger partial charge in [0.15, 0.2) is 0 Å². The van der Waals surface area contributed by atoms with Crippen LogP contribution in [0.2, 0.25) is 0 Å². The van der Waals surface area contributed by atoms with Crippen LogP contribution in [0.1, 0.15) is 123 Å². The summed E-state index contributed by atoms with van der Waals surface area (Å²) < 4.78 is 15.7. The maximum absolute atomic E-state index is 9.51. The largest absolute Gasteiger partial charge is 0.520 e. The molecule has 0 aromatic carbocycles. The van der Waals surface area contributed by atoms with E-state index in [4.69, 9.17) is 22.6 Å². The van der Waals surface area contributed by atoms with Crippen molar-refractivity contribution in [2.45, 2.75) is 102 Å². The number of nitriles is 2. The molecule has 0 saturated heterocycles. The van der Waals surface area contributed by atoms with E-state index in [1.165, 1.54) is 114 Å². The Hall–Kier alpha value is -4.50. The van der Waals surface area contributed by atoms with Gasteiger partial charge >= 0.3 is 5.82 Å². The van der Waals surface area contributed by atoms with Gasteiger partial charge in [-0.15, -0.1) is 68.0 Å². The van der Waals surface area contributed by atoms with Crippen LogP contribution in [0.3, 0.4) is 0 Å². The van der Waals surface area contributed by atoms with Crippen molar-refractivity contribution < 1.29 is 9.47 Å². The monoisotopic (exact) mass is 896 g/mol. The Morgan fingerprint density at radius 1 is 0.617 bits per heavy atom. The van der Waals surface area contributed by atoms with Gasteiger partial charge in [0.1, 0.15) is 42.4 Å². The molecule has 60 heavy (non-hydrogen) atoms. The first-order chi connectivity index (χ1) is 29.4. The van der Waals surface area contributed by atoms with Crippen LogP contribution in [0.5, 0.6) is 11.5 Å². The molecular formula is C48H40N4O2S6. The number of ether oxygens (including phenoxy) is 2. The zero-order chi connectivity index (χ0) is 41.2. The van der Waals surface area contributed by atoms with Crippen molar-refractivity contribution in [3.8, 4) is 62.7 Å². The summed E-state index contributed by atoms with van der Waals surface area (Å²) in [5.41, 5.74) is 6.30. The smallest absolute Gasteiger partial charge is 0.492 e. The topological polar surface area (TPSA) is 74.8 Å². The maximum Gasteiger partial charge on any atom is 0.520 e. The van der Waals surface area contributed by atoms with Crippen LogP contribution in [0.25, 0.3) is 70.3 Å². The van der Waals surface area contributed by atoms with Gasteiger partial charge in [0, 0.05) is 57.3 Å². The fraction of sp³-hybridized carbons (Fsp3) is 0.375. The highest BCUT2D eigenvalue weighted by molar-refractivity contribution is 7.35. The minimum absolute atomic E-state index is 0.00117. The van der Waals surface area contributed by atoms with Gasteiger partial charge in [0.25, 0.3) is 0 Å². The molecule has 0 atom stereocenters. The number of hydrogen-bond acceptors (Lipinski definition) is 10. The van der Waals surface area contributed by atoms with E-state index >= 15 is 0 Å². The summed E-state index contributed by atoms with van der Waals surface area (Å²) in [7, 11) is 0. The van der Waals surface area contributed by atoms with E-state index in [1.54, 1.807) is 46.0 Å². The van der Waals surface area contributed by atoms with Crippen LogP contribution in [0.15, 0.2) is 35.7 Å². The Labute approximate surface area is 374 Å². The lowest BCUT2D eigenvalue weighted by atomic mass is 9.67. The number of rotatable bonds is 10. The zero-order valence-electron chi connectivity index (χ0n) is 33.4. The second kappa shape index (κ2) is 15.8. The molecule has 4 aliphatic carbocycles. The molecule has 10 rings (SSSR count). The Morgan fingerprint density at radius 3 is 1.48 bits per heavy atom. The van der Waals surface area contributed by atoms with Crippen LogP contribution < -0.4 is 9.47 Å². The summed E-state index contributed by atoms with van der Waals surface area (Å²) >= 11 is 11.2. The first-order valence-electron chi connectivity index (χ1n) is 20.8. The summed E-state index contributed by atoms with van der Waals surface area (Å²) in [6.07, 6.45) is 17.3. The van der Waals surface area contributed by atoms with E-state index in [0.717, 1.165) is 43.8 Å². The van der Waals surface area contributed by atoms with E-state index in [2.05, 4.69) is 58.3 Å². The lowest BCUT2D eigenvalue weighted by Gasteiger charge is -2.35. The van der Waals surface area contributed by atoms with Crippen molar-refractivity contribution in [2.24, 2.45) is 0 Å². The SMILES string of the molecule is [C-]#[N+]C(=Cc1cc(OCCC)c(-c2cc3c(s2)-c2sc4c5c(sc4c2C32CCCCC2)-c2sc(-c3sc(C=C(C#N)C#N)cc3OCCC)cc2C52CCCCC2)s1)[N+]#[C-]. The minimum atomic E-state index is -0.00117. The Kier molecular flexibility index (Phi) is 10.4. The molecule has 2 fully saturated rings. The molecule has 6 heterocycles. The standard InChI is InChI=1S/C48H40N4O2S6/c1-5-17-53-32-20-28(19-27(25-49)26-50)55-41(32)34-23-30-39(57-34)43-37(47(30)13-9-7-10-14-47)45-46(59-43)38-44(60-45)40-31(48(38)15-11-8-12-16-48)24-35(58-40)42-33(54-18-6-2)21-29(56-42)22-36(51-3)52-4/h19-24H,5-18H2,1-2H3. The molecule has 0 N–H and O–H groups in total. The van der Waals surface area contributed by atoms with Crippen molar-refractivity contribution in [2.75, 3.05) is 13.2 Å². The van der Waals surface area contributed by atoms with Gasteiger partial charge in [-0.05, 0) is 80.0 Å². The Balaban J connectivity index is 1.12. The van der Waals surface area contributed by atoms with Gasteiger partial charge in [-0.1, -0.05) is 52.4 Å². The Bertz CT molecular complexity index is 2700. The average molecular weight is 897 g/mol. The summed E-state index contributed by atoms with van der Waals surface area (Å²) in [6.45, 7) is 20.4. The quantitative estimate of drug-likeness (QED) is 0.101. The van der Waals surface area contributed by atoms with E-state index in [9.17, 15) is 10.5 Å². The lowest BCUT2D eigenvalue weighted by Crippen LogP contribution is -2.28. The molecule has 0 bridgehead atoms. The van der Waals surface area contributed by atoms with Crippen LogP contribution in [0, 0.1) is 35.8 Å². The first-order valence-corrected chi connectivity index (χ1v) is 25.7. The highest BCUT2D eigenvalue weighted by Gasteiger charge is 2.53. The molecule has 0 radical (unpaired) electrons. The number of hydrogen-bond donors (Lipinski definition) is 0. The second-order valence-electron chi connectivity index (χ2n) is 16.2. The van der Waals surface area contributed by atoms with Crippen molar-refractivity contribution in [1.82, 2.24) is 0 Å². The summed E-state index contributed by atoms with van der Waals surface area (Å²) in [4.78, 5) is 19.1. The van der Waals surface area contributed by atoms with Crippen molar-refractivity contribution in [3.05, 3.63) is 90.5 Å². The normalized spacial score (nSPS) is 16.3. The molecule has 2 spiro atoms. The molecule has 4 aliphatic rings. The summed E-state index contributed by atoms with van der Waals surface area (Å²) in [5, 5.41) is 19.0. The number of fused-ring (bicyclic) bond motifs is 13. The molecule has 300 valence electrons. The summed E-state index contributed by atoms with van der Waals surface area (Å²) in [5.74, 6) is 1.76. The molecule has 6 nitrogen and oxygen atoms in total. The first kappa shape index (κ1) is 39.6. The van der Waals surface area contributed by atoms with Crippen LogP contribution >= 0.6 is 68.0 Å². The highest BCUT2D eigenvalue weighted by atomic mass is 32.1. The molecule has 0 aliphatic heterocycles. The second-order valence-corrected chi connectivity index (χ2v) is 22.5. The summed E-state index contributed by atoms with van der Waals surface area (Å²) in [6, 6.07) is 13.0. The highest BCUT2D eigenvalue weighted by Crippen LogP contribution is 2.70. The van der Waals surface area contributed by atoms with E-state index in [1.807, 2.05) is 46.9 Å². The number of nitrogens with zero attached hydrogens (tertiary/aromatic N) is 4. The van der Waals surface area contributed by atoms with Gasteiger partial charge < -0.3 is 9.47 Å². The number of thiophene rings is 6. The van der Waals surface area contributed by atoms with E-state index in [-0.39, 0.29) is 22.2 Å².